The third kappa shape index (κ3) is 4.59. The lowest BCUT2D eigenvalue weighted by molar-refractivity contribution is 0.0402. The highest BCUT2D eigenvalue weighted by molar-refractivity contribution is 7.17. The van der Waals surface area contributed by atoms with Crippen molar-refractivity contribution in [1.82, 2.24) is 29.8 Å². The predicted molar refractivity (Wildman–Crippen MR) is 134 cm³/mol. The first kappa shape index (κ1) is 23.3. The van der Waals surface area contributed by atoms with Gasteiger partial charge in [-0.15, -0.1) is 11.3 Å². The number of nitrogens with zero attached hydrogens (tertiary/aromatic N) is 5. The number of carbonyl (C=O) groups excluding carboxylic acids is 1. The first-order valence-corrected chi connectivity index (χ1v) is 13.3. The highest BCUT2D eigenvalue weighted by atomic mass is 35.5. The van der Waals surface area contributed by atoms with Crippen LogP contribution in [0.15, 0.2) is 30.0 Å². The Bertz CT molecular complexity index is 1300. The maximum atomic E-state index is 12.7. The summed E-state index contributed by atoms with van der Waals surface area (Å²) in [5, 5.41) is 17.5. The van der Waals surface area contributed by atoms with Crippen LogP contribution in [0, 0.1) is 5.92 Å². The van der Waals surface area contributed by atoms with Crippen LogP contribution >= 0.6 is 34.3 Å². The molecule has 0 aliphatic heterocycles. The second kappa shape index (κ2) is 9.69. The fourth-order valence-corrected chi connectivity index (χ4v) is 6.00. The molecule has 3 unspecified atom stereocenters. The van der Waals surface area contributed by atoms with Gasteiger partial charge in [-0.1, -0.05) is 36.8 Å². The molecule has 1 aliphatic rings. The van der Waals surface area contributed by atoms with Gasteiger partial charge in [0.05, 0.1) is 36.1 Å². The Hall–Kier alpha value is -2.40. The molecule has 1 amide bonds. The molecule has 0 aromatic carbocycles. The van der Waals surface area contributed by atoms with E-state index in [1.54, 1.807) is 12.4 Å². The molecule has 5 rings (SSSR count). The highest BCUT2D eigenvalue weighted by Gasteiger charge is 2.36. The number of carbonyl (C=O) groups is 1. The van der Waals surface area contributed by atoms with Crippen molar-refractivity contribution < 1.29 is 9.90 Å². The van der Waals surface area contributed by atoms with Gasteiger partial charge in [0, 0.05) is 18.0 Å². The first-order valence-electron chi connectivity index (χ1n) is 11.3. The van der Waals surface area contributed by atoms with Crippen molar-refractivity contribution in [3.05, 3.63) is 45.2 Å². The average molecular weight is 517 g/mol. The van der Waals surface area contributed by atoms with Gasteiger partial charge in [-0.3, -0.25) is 9.78 Å². The van der Waals surface area contributed by atoms with Gasteiger partial charge in [-0.05, 0) is 31.2 Å². The normalized spacial score (nSPS) is 20.8. The lowest BCUT2D eigenvalue weighted by atomic mass is 9.87. The fraction of sp³-hybridized carbons (Fsp3) is 0.435. The number of amides is 1. The molecule has 0 bridgehead atoms. The second-order valence-corrected chi connectivity index (χ2v) is 11.5. The molecule has 4 heterocycles. The van der Waals surface area contributed by atoms with E-state index in [0.717, 1.165) is 58.2 Å². The number of aliphatic hydroxyl groups is 1. The van der Waals surface area contributed by atoms with E-state index in [0.29, 0.717) is 21.7 Å². The molecule has 34 heavy (non-hydrogen) atoms. The van der Waals surface area contributed by atoms with Gasteiger partial charge in [0.25, 0.3) is 5.91 Å². The molecular weight excluding hydrogens is 492 g/mol. The monoisotopic (exact) mass is 516 g/mol. The number of rotatable bonds is 6. The van der Waals surface area contributed by atoms with Crippen LogP contribution in [0.2, 0.25) is 4.34 Å². The van der Waals surface area contributed by atoms with E-state index in [2.05, 4.69) is 38.7 Å². The lowest BCUT2D eigenvalue weighted by Crippen LogP contribution is -2.49. The van der Waals surface area contributed by atoms with E-state index in [-0.39, 0.29) is 11.9 Å². The van der Waals surface area contributed by atoms with E-state index in [9.17, 15) is 9.90 Å². The van der Waals surface area contributed by atoms with Crippen LogP contribution < -0.4 is 5.32 Å². The van der Waals surface area contributed by atoms with Crippen LogP contribution in [-0.4, -0.2) is 47.7 Å². The van der Waals surface area contributed by atoms with E-state index < -0.39 is 12.1 Å². The van der Waals surface area contributed by atoms with Gasteiger partial charge in [0.15, 0.2) is 5.01 Å². The Labute approximate surface area is 210 Å². The number of imidazole rings is 1. The van der Waals surface area contributed by atoms with Gasteiger partial charge in [0.1, 0.15) is 26.4 Å². The Morgan fingerprint density at radius 2 is 2.15 bits per heavy atom. The summed E-state index contributed by atoms with van der Waals surface area (Å²) in [5.74, 6) is 1.01. The summed E-state index contributed by atoms with van der Waals surface area (Å²) in [6, 6.07) is 1.40. The smallest absolute Gasteiger partial charge is 0.280 e. The average Bonchev–Trinajstić information content (AvgIpc) is 3.54. The van der Waals surface area contributed by atoms with E-state index in [1.807, 2.05) is 11.4 Å². The van der Waals surface area contributed by atoms with Crippen molar-refractivity contribution in [3.8, 4) is 10.7 Å². The van der Waals surface area contributed by atoms with Crippen LogP contribution in [0.25, 0.3) is 21.7 Å². The maximum absolute atomic E-state index is 12.7. The molecule has 0 radical (unpaired) electrons. The zero-order valence-electron chi connectivity index (χ0n) is 18.8. The summed E-state index contributed by atoms with van der Waals surface area (Å²) < 4.78 is 2.62. The number of hydrogen-bond acceptors (Lipinski definition) is 8. The summed E-state index contributed by atoms with van der Waals surface area (Å²) in [6.45, 7) is 4.31. The van der Waals surface area contributed by atoms with Crippen LogP contribution in [0.1, 0.15) is 54.8 Å². The predicted octanol–water partition coefficient (Wildman–Crippen LogP) is 4.75. The van der Waals surface area contributed by atoms with Crippen LogP contribution in [-0.2, 0) is 6.42 Å². The summed E-state index contributed by atoms with van der Waals surface area (Å²) in [7, 11) is 0. The molecular formula is C23H25ClN6O2S2. The molecule has 2 N–H and O–H groups in total. The number of aromatic nitrogens is 5. The van der Waals surface area contributed by atoms with Crippen LogP contribution in [0.3, 0.4) is 0 Å². The first-order chi connectivity index (χ1) is 16.4. The van der Waals surface area contributed by atoms with Crippen molar-refractivity contribution in [1.29, 1.82) is 0 Å². The van der Waals surface area contributed by atoms with Gasteiger partial charge < -0.3 is 15.0 Å². The molecule has 8 nitrogen and oxygen atoms in total. The Balaban J connectivity index is 1.50. The number of hydrogen-bond donors (Lipinski definition) is 2. The molecule has 4 aromatic heterocycles. The molecule has 4 aromatic rings. The zero-order valence-corrected chi connectivity index (χ0v) is 21.2. The SMILES string of the molecule is CC(C)Cc1nc2cnc(-c3nccs3)cc2n1C1CCCC(NC(=O)c2ncc(Cl)s2)C1O. The van der Waals surface area contributed by atoms with Crippen LogP contribution in [0.4, 0.5) is 0 Å². The molecule has 0 spiro atoms. The minimum atomic E-state index is -0.770. The van der Waals surface area contributed by atoms with E-state index in [1.165, 1.54) is 17.5 Å². The van der Waals surface area contributed by atoms with Crippen molar-refractivity contribution in [2.45, 2.75) is 57.7 Å². The van der Waals surface area contributed by atoms with Crippen LogP contribution in [0.5, 0.6) is 0 Å². The summed E-state index contributed by atoms with van der Waals surface area (Å²) in [5.41, 5.74) is 2.51. The van der Waals surface area contributed by atoms with Gasteiger partial charge >= 0.3 is 0 Å². The molecule has 11 heteroatoms. The number of pyridine rings is 1. The Kier molecular flexibility index (Phi) is 6.65. The standard InChI is InChI=1S/C23H25ClN6O2S2/c1-12(2)8-19-28-15-10-26-14(22-25-6-7-33-22)9-17(15)30(19)16-5-3-4-13(20(16)31)29-21(32)23-27-11-18(24)34-23/h6-7,9-13,16,20,31H,3-5,8H2,1-2H3,(H,29,32). The lowest BCUT2D eigenvalue weighted by Gasteiger charge is -2.37. The van der Waals surface area contributed by atoms with Gasteiger partial charge in [0.2, 0.25) is 0 Å². The molecule has 3 atom stereocenters. The van der Waals surface area contributed by atoms with Crippen molar-refractivity contribution in [2.24, 2.45) is 5.92 Å². The van der Waals surface area contributed by atoms with E-state index in [4.69, 9.17) is 16.6 Å². The van der Waals surface area contributed by atoms with Gasteiger partial charge in [-0.25, -0.2) is 15.0 Å². The minimum absolute atomic E-state index is 0.218. The number of thiazole rings is 2. The number of halogens is 1. The topological polar surface area (TPSA) is 106 Å². The largest absolute Gasteiger partial charge is 0.389 e. The van der Waals surface area contributed by atoms with Crippen molar-refractivity contribution in [3.63, 3.8) is 0 Å². The highest BCUT2D eigenvalue weighted by Crippen LogP contribution is 2.35. The van der Waals surface area contributed by atoms with Gasteiger partial charge in [-0.2, -0.15) is 0 Å². The van der Waals surface area contributed by atoms with Crippen molar-refractivity contribution >= 4 is 51.2 Å². The summed E-state index contributed by atoms with van der Waals surface area (Å²) in [6.07, 6.45) is 7.38. The molecule has 1 fully saturated rings. The number of fused-ring (bicyclic) bond motifs is 1. The Morgan fingerprint density at radius 3 is 2.85 bits per heavy atom. The molecule has 178 valence electrons. The quantitative estimate of drug-likeness (QED) is 0.383. The summed E-state index contributed by atoms with van der Waals surface area (Å²) >= 11 is 8.60. The molecule has 1 saturated carbocycles. The number of nitrogens with one attached hydrogen (secondary N) is 1. The molecule has 1 aliphatic carbocycles. The zero-order chi connectivity index (χ0) is 23.8. The van der Waals surface area contributed by atoms with Crippen molar-refractivity contribution in [2.75, 3.05) is 0 Å². The van der Waals surface area contributed by atoms with E-state index >= 15 is 0 Å². The number of aliphatic hydroxyl groups excluding tert-OH is 1. The third-order valence-electron chi connectivity index (χ3n) is 6.03. The minimum Gasteiger partial charge on any atom is -0.389 e. The molecule has 0 saturated heterocycles. The maximum Gasteiger partial charge on any atom is 0.280 e. The Morgan fingerprint density at radius 1 is 1.29 bits per heavy atom. The second-order valence-electron chi connectivity index (χ2n) is 8.93. The summed E-state index contributed by atoms with van der Waals surface area (Å²) in [4.78, 5) is 30.6. The fourth-order valence-electron chi connectivity index (χ4n) is 4.58. The third-order valence-corrected chi connectivity index (χ3v) is 7.94.